The second-order valence-electron chi connectivity index (χ2n) is 10.1. The average molecular weight is 548 g/mol. The highest BCUT2D eigenvalue weighted by Gasteiger charge is 2.24. The molecule has 0 spiro atoms. The number of ether oxygens (including phenoxy) is 1. The molecule has 1 atom stereocenters. The number of carboxylic acid groups (broad SMARTS) is 1. The molecule has 0 bridgehead atoms. The molecule has 0 saturated heterocycles. The summed E-state index contributed by atoms with van der Waals surface area (Å²) >= 11 is 0. The molecule has 41 heavy (non-hydrogen) atoms. The Kier molecular flexibility index (Phi) is 8.44. The van der Waals surface area contributed by atoms with Crippen molar-refractivity contribution in [3.05, 3.63) is 131 Å². The number of alkyl carbamates (subject to hydrolysis) is 1. The summed E-state index contributed by atoms with van der Waals surface area (Å²) in [6.07, 6.45) is 3.75. The fraction of sp³-hybridized carbons (Fsp3) is 0.206. The van der Waals surface area contributed by atoms with Crippen LogP contribution >= 0.6 is 0 Å². The molecule has 0 saturated carbocycles. The number of carbonyl (C=O) groups excluding carboxylic acids is 1. The Hall–Kier alpha value is -4.91. The van der Waals surface area contributed by atoms with Gasteiger partial charge in [-0.2, -0.15) is 0 Å². The predicted molar refractivity (Wildman–Crippen MR) is 159 cm³/mol. The Bertz CT molecular complexity index is 1660. The number of rotatable bonds is 10. The molecule has 3 aromatic carbocycles. The van der Waals surface area contributed by atoms with Gasteiger partial charge < -0.3 is 15.2 Å². The lowest BCUT2D eigenvalue weighted by molar-refractivity contribution is 0.0697. The number of pyridine rings is 1. The quantitative estimate of drug-likeness (QED) is 0.190. The van der Waals surface area contributed by atoms with Crippen molar-refractivity contribution in [1.29, 1.82) is 0 Å². The molecule has 208 valence electrons. The van der Waals surface area contributed by atoms with Crippen molar-refractivity contribution >= 4 is 17.7 Å². The van der Waals surface area contributed by atoms with Gasteiger partial charge in [-0.3, -0.25) is 4.40 Å². The number of hydrogen-bond acceptors (Lipinski definition) is 4. The largest absolute Gasteiger partial charge is 0.478 e. The molecular weight excluding hydrogens is 514 g/mol. The number of aromatic nitrogens is 2. The van der Waals surface area contributed by atoms with Gasteiger partial charge in [0.25, 0.3) is 0 Å². The molecule has 2 aromatic heterocycles. The number of nitrogens with one attached hydrogen (secondary N) is 1. The first-order valence-corrected chi connectivity index (χ1v) is 13.8. The average Bonchev–Trinajstić information content (AvgIpc) is 3.44. The highest BCUT2D eigenvalue weighted by molar-refractivity contribution is 5.96. The molecule has 1 amide bonds. The third kappa shape index (κ3) is 6.30. The zero-order valence-electron chi connectivity index (χ0n) is 23.2. The van der Waals surface area contributed by atoms with E-state index in [2.05, 4.69) is 12.2 Å². The van der Waals surface area contributed by atoms with E-state index in [-0.39, 0.29) is 5.56 Å². The molecule has 0 radical (unpaired) electrons. The van der Waals surface area contributed by atoms with Gasteiger partial charge in [0.15, 0.2) is 6.10 Å². The van der Waals surface area contributed by atoms with E-state index in [9.17, 15) is 14.7 Å². The van der Waals surface area contributed by atoms with Gasteiger partial charge in [-0.15, -0.1) is 0 Å². The maximum Gasteiger partial charge on any atom is 0.408 e. The SMILES string of the molecule is CCCCc1cn2c([C@H](OC(=O)NCc3ccccc3)c3ccc(-c4ccccc4C(=O)O)cc3)ccc(C)c2n1. The molecule has 0 unspecified atom stereocenters. The van der Waals surface area contributed by atoms with Crippen molar-refractivity contribution < 1.29 is 19.4 Å². The normalized spacial score (nSPS) is 11.8. The molecule has 0 fully saturated rings. The summed E-state index contributed by atoms with van der Waals surface area (Å²) in [5, 5.41) is 12.5. The first-order valence-electron chi connectivity index (χ1n) is 13.8. The Morgan fingerprint density at radius 2 is 1.68 bits per heavy atom. The van der Waals surface area contributed by atoms with Crippen LogP contribution in [0.1, 0.15) is 64.3 Å². The van der Waals surface area contributed by atoms with Crippen LogP contribution in [0.5, 0.6) is 0 Å². The van der Waals surface area contributed by atoms with Gasteiger partial charge >= 0.3 is 12.1 Å². The summed E-state index contributed by atoms with van der Waals surface area (Å²) in [5.41, 5.74) is 6.97. The number of nitrogens with zero attached hydrogens (tertiary/aromatic N) is 2. The van der Waals surface area contributed by atoms with Crippen molar-refractivity contribution in [1.82, 2.24) is 14.7 Å². The summed E-state index contributed by atoms with van der Waals surface area (Å²) < 4.78 is 8.11. The lowest BCUT2D eigenvalue weighted by Gasteiger charge is -2.21. The van der Waals surface area contributed by atoms with Crippen LogP contribution in [0.4, 0.5) is 4.79 Å². The second-order valence-corrected chi connectivity index (χ2v) is 10.1. The molecular formula is C34H33N3O4. The van der Waals surface area contributed by atoms with Crippen molar-refractivity contribution in [2.45, 2.75) is 45.8 Å². The summed E-state index contributed by atoms with van der Waals surface area (Å²) in [4.78, 5) is 29.8. The van der Waals surface area contributed by atoms with Gasteiger partial charge in [0.1, 0.15) is 5.65 Å². The number of carbonyl (C=O) groups is 2. The number of hydrogen-bond donors (Lipinski definition) is 2. The first-order chi connectivity index (χ1) is 19.9. The number of benzene rings is 3. The standard InChI is InChI=1S/C34H33N3O4/c1-3-4-12-27-22-37-30(20-15-23(2)32(37)36-27)31(41-34(40)35-21-24-10-6-5-7-11-24)26-18-16-25(17-19-26)28-13-8-9-14-29(28)33(38)39/h5-11,13-20,22,31H,3-4,12,21H2,1-2H3,(H,35,40)(H,38,39)/t31-/m1/s1. The van der Waals surface area contributed by atoms with Crippen LogP contribution in [-0.2, 0) is 17.7 Å². The lowest BCUT2D eigenvalue weighted by atomic mass is 9.97. The molecule has 0 aliphatic heterocycles. The van der Waals surface area contributed by atoms with Crippen LogP contribution in [0, 0.1) is 6.92 Å². The Morgan fingerprint density at radius 1 is 0.951 bits per heavy atom. The van der Waals surface area contributed by atoms with Crippen LogP contribution in [0.2, 0.25) is 0 Å². The Morgan fingerprint density at radius 3 is 2.41 bits per heavy atom. The first kappa shape index (κ1) is 27.6. The molecule has 5 aromatic rings. The van der Waals surface area contributed by atoms with Gasteiger partial charge in [0.05, 0.1) is 17.0 Å². The summed E-state index contributed by atoms with van der Waals surface area (Å²) in [6.45, 7) is 4.52. The second kappa shape index (κ2) is 12.5. The van der Waals surface area contributed by atoms with Gasteiger partial charge in [-0.25, -0.2) is 14.6 Å². The van der Waals surface area contributed by atoms with E-state index < -0.39 is 18.2 Å². The number of aromatic carboxylic acids is 1. The Balaban J connectivity index is 1.51. The number of fused-ring (bicyclic) bond motifs is 1. The maximum absolute atomic E-state index is 13.1. The van der Waals surface area contributed by atoms with Gasteiger partial charge in [0, 0.05) is 12.7 Å². The van der Waals surface area contributed by atoms with E-state index in [4.69, 9.17) is 9.72 Å². The van der Waals surface area contributed by atoms with Crippen LogP contribution < -0.4 is 5.32 Å². The molecule has 7 nitrogen and oxygen atoms in total. The van der Waals surface area contributed by atoms with Crippen molar-refractivity contribution in [2.24, 2.45) is 0 Å². The van der Waals surface area contributed by atoms with Gasteiger partial charge in [-0.05, 0) is 59.7 Å². The minimum absolute atomic E-state index is 0.228. The highest BCUT2D eigenvalue weighted by atomic mass is 16.6. The molecule has 7 heteroatoms. The molecule has 0 aliphatic rings. The van der Waals surface area contributed by atoms with E-state index in [0.717, 1.165) is 58.6 Å². The molecule has 0 aliphatic carbocycles. The van der Waals surface area contributed by atoms with Gasteiger partial charge in [-0.1, -0.05) is 92.2 Å². The number of unbranched alkanes of at least 4 members (excludes halogenated alkanes) is 1. The molecule has 2 N–H and O–H groups in total. The van der Waals surface area contributed by atoms with Crippen molar-refractivity contribution in [3.8, 4) is 11.1 Å². The van der Waals surface area contributed by atoms with Crippen molar-refractivity contribution in [2.75, 3.05) is 0 Å². The minimum Gasteiger partial charge on any atom is -0.478 e. The fourth-order valence-corrected chi connectivity index (χ4v) is 4.94. The number of imidazole rings is 1. The maximum atomic E-state index is 13.1. The topological polar surface area (TPSA) is 92.9 Å². The predicted octanol–water partition coefficient (Wildman–Crippen LogP) is 7.37. The fourth-order valence-electron chi connectivity index (χ4n) is 4.94. The minimum atomic E-state index is -0.984. The molecule has 2 heterocycles. The Labute approximate surface area is 239 Å². The molecule has 5 rings (SSSR count). The van der Waals surface area contributed by atoms with Crippen LogP contribution in [0.25, 0.3) is 16.8 Å². The van der Waals surface area contributed by atoms with E-state index in [1.165, 1.54) is 0 Å². The third-order valence-corrected chi connectivity index (χ3v) is 7.13. The summed E-state index contributed by atoms with van der Waals surface area (Å²) in [7, 11) is 0. The summed E-state index contributed by atoms with van der Waals surface area (Å²) in [6, 6.07) is 28.0. The number of aryl methyl sites for hydroxylation is 2. The lowest BCUT2D eigenvalue weighted by Crippen LogP contribution is -2.26. The van der Waals surface area contributed by atoms with Crippen LogP contribution in [-0.4, -0.2) is 26.6 Å². The van der Waals surface area contributed by atoms with E-state index in [0.29, 0.717) is 12.1 Å². The summed E-state index contributed by atoms with van der Waals surface area (Å²) in [5.74, 6) is -0.984. The van der Waals surface area contributed by atoms with Crippen LogP contribution in [0.3, 0.4) is 0 Å². The zero-order chi connectivity index (χ0) is 28.8. The monoisotopic (exact) mass is 547 g/mol. The third-order valence-electron chi connectivity index (χ3n) is 7.13. The van der Waals surface area contributed by atoms with E-state index >= 15 is 0 Å². The van der Waals surface area contributed by atoms with Gasteiger partial charge in [0.2, 0.25) is 0 Å². The van der Waals surface area contributed by atoms with Crippen LogP contribution in [0.15, 0.2) is 97.2 Å². The van der Waals surface area contributed by atoms with E-state index in [1.807, 2.05) is 90.3 Å². The number of amides is 1. The number of carboxylic acids is 1. The van der Waals surface area contributed by atoms with Crippen molar-refractivity contribution in [3.63, 3.8) is 0 Å². The van der Waals surface area contributed by atoms with E-state index in [1.54, 1.807) is 18.2 Å². The zero-order valence-corrected chi connectivity index (χ0v) is 23.2. The smallest absolute Gasteiger partial charge is 0.408 e. The highest BCUT2D eigenvalue weighted by Crippen LogP contribution is 2.31.